The van der Waals surface area contributed by atoms with Gasteiger partial charge in [-0.25, -0.2) is 0 Å². The van der Waals surface area contributed by atoms with Crippen LogP contribution in [-0.2, 0) is 20.9 Å². The second-order valence-corrected chi connectivity index (χ2v) is 8.74. The van der Waals surface area contributed by atoms with E-state index in [4.69, 9.17) is 9.15 Å². The number of carbonyl (C=O) groups is 2. The molecule has 28 heavy (non-hydrogen) atoms. The van der Waals surface area contributed by atoms with Gasteiger partial charge in [0, 0.05) is 11.0 Å². The number of ether oxygens (including phenoxy) is 1. The van der Waals surface area contributed by atoms with Crippen LogP contribution in [0.5, 0.6) is 0 Å². The first-order valence-corrected chi connectivity index (χ1v) is 10.4. The normalized spacial score (nSPS) is 29.5. The third kappa shape index (κ3) is 2.80. The molecule has 6 nitrogen and oxygen atoms in total. The molecule has 0 spiro atoms. The summed E-state index contributed by atoms with van der Waals surface area (Å²) in [6.07, 6.45) is 5.45. The highest BCUT2D eigenvalue weighted by Gasteiger charge is 2.53. The van der Waals surface area contributed by atoms with E-state index in [0.717, 1.165) is 19.3 Å². The third-order valence-corrected chi connectivity index (χ3v) is 6.59. The Morgan fingerprint density at radius 2 is 2.07 bits per heavy atom. The predicted octanol–water partition coefficient (Wildman–Crippen LogP) is 3.54. The summed E-state index contributed by atoms with van der Waals surface area (Å²) in [5, 5.41) is 0. The number of carbonyl (C=O) groups excluding carboxylic acids is 2. The number of hydrogen-bond acceptors (Lipinski definition) is 5. The minimum absolute atomic E-state index is 0.0151. The quantitative estimate of drug-likeness (QED) is 0.679. The number of aromatic nitrogens is 1. The van der Waals surface area contributed by atoms with Gasteiger partial charge in [0.15, 0.2) is 11.5 Å². The maximum absolute atomic E-state index is 13.5. The van der Waals surface area contributed by atoms with Gasteiger partial charge in [0.25, 0.3) is 5.91 Å². The van der Waals surface area contributed by atoms with Gasteiger partial charge in [-0.3, -0.25) is 14.6 Å². The predicted molar refractivity (Wildman–Crippen MR) is 103 cm³/mol. The number of fused-ring (bicyclic) bond motifs is 1. The van der Waals surface area contributed by atoms with E-state index in [1.807, 2.05) is 24.3 Å². The van der Waals surface area contributed by atoms with Crippen LogP contribution >= 0.6 is 15.9 Å². The molecule has 0 aromatic carbocycles. The van der Waals surface area contributed by atoms with E-state index < -0.39 is 6.04 Å². The van der Waals surface area contributed by atoms with Crippen molar-refractivity contribution in [3.05, 3.63) is 65.6 Å². The van der Waals surface area contributed by atoms with Gasteiger partial charge >= 0.3 is 0 Å². The highest BCUT2D eigenvalue weighted by Crippen LogP contribution is 2.47. The number of alkyl halides is 1. The summed E-state index contributed by atoms with van der Waals surface area (Å²) in [6, 6.07) is 8.57. The monoisotopic (exact) mass is 442 g/mol. The number of pyridine rings is 1. The van der Waals surface area contributed by atoms with Crippen LogP contribution in [0.1, 0.15) is 36.8 Å². The molecule has 3 aliphatic rings. The Bertz CT molecular complexity index is 941. The Kier molecular flexibility index (Phi) is 4.34. The van der Waals surface area contributed by atoms with Crippen LogP contribution in [0.15, 0.2) is 58.5 Å². The first kappa shape index (κ1) is 17.7. The fourth-order valence-corrected chi connectivity index (χ4v) is 5.11. The van der Waals surface area contributed by atoms with E-state index in [0.29, 0.717) is 21.9 Å². The van der Waals surface area contributed by atoms with Crippen molar-refractivity contribution in [1.29, 1.82) is 0 Å². The van der Waals surface area contributed by atoms with Crippen molar-refractivity contribution < 1.29 is 18.7 Å². The highest BCUT2D eigenvalue weighted by molar-refractivity contribution is 9.09. The van der Waals surface area contributed by atoms with E-state index in [1.54, 1.807) is 23.4 Å². The summed E-state index contributed by atoms with van der Waals surface area (Å²) in [4.78, 5) is 33.1. The van der Waals surface area contributed by atoms with Crippen molar-refractivity contribution in [3.8, 4) is 0 Å². The molecule has 1 saturated carbocycles. The highest BCUT2D eigenvalue weighted by atomic mass is 79.9. The summed E-state index contributed by atoms with van der Waals surface area (Å²) in [6.45, 7) is 0.257. The Morgan fingerprint density at radius 3 is 2.82 bits per heavy atom. The van der Waals surface area contributed by atoms with Crippen LogP contribution in [0.25, 0.3) is 0 Å². The average molecular weight is 443 g/mol. The van der Waals surface area contributed by atoms with Gasteiger partial charge in [-0.15, -0.1) is 0 Å². The number of rotatable bonds is 3. The molecular formula is C21H19BrN2O4. The topological polar surface area (TPSA) is 72.6 Å². The maximum atomic E-state index is 13.5. The van der Waals surface area contributed by atoms with Crippen LogP contribution in [0.3, 0.4) is 0 Å². The van der Waals surface area contributed by atoms with Gasteiger partial charge in [0.1, 0.15) is 17.9 Å². The molecule has 144 valence electrons. The molecule has 2 aromatic heterocycles. The van der Waals surface area contributed by atoms with E-state index in [-0.39, 0.29) is 36.0 Å². The standard InChI is InChI=1S/C21H19BrN2O4/c22-12-6-7-16-14(10-12)19(25)17-18(15-5-1-2-8-23-15)24(21(26)20(17)28-16)11-13-4-3-9-27-13/h1-5,8-9,12,14,16,18H,6-7,10-11H2. The fraction of sp³-hybridized carbons (Fsp3) is 0.381. The van der Waals surface area contributed by atoms with Crippen molar-refractivity contribution in [2.75, 3.05) is 0 Å². The van der Waals surface area contributed by atoms with E-state index >= 15 is 0 Å². The number of ketones is 1. The lowest BCUT2D eigenvalue weighted by atomic mass is 9.78. The Hall–Kier alpha value is -2.41. The lowest BCUT2D eigenvalue weighted by Gasteiger charge is -2.37. The number of Topliss-reactive ketones (excluding diaryl/α,β-unsaturated/α-hetero) is 1. The van der Waals surface area contributed by atoms with Crippen molar-refractivity contribution in [2.45, 2.75) is 42.8 Å². The first-order chi connectivity index (χ1) is 13.6. The number of amides is 1. The molecule has 0 saturated heterocycles. The molecule has 0 N–H and O–H groups in total. The SMILES string of the molecule is O=C1C2=C(OC3CCC(Br)CC13)C(=O)N(Cc1ccco1)C2c1ccccn1. The van der Waals surface area contributed by atoms with Crippen LogP contribution in [0.4, 0.5) is 0 Å². The molecule has 4 unspecified atom stereocenters. The molecular weight excluding hydrogens is 424 g/mol. The number of halogens is 1. The lowest BCUT2D eigenvalue weighted by Crippen LogP contribution is -2.41. The number of nitrogens with zero attached hydrogens (tertiary/aromatic N) is 2. The molecule has 5 rings (SSSR count). The Balaban J connectivity index is 1.58. The van der Waals surface area contributed by atoms with Gasteiger partial charge < -0.3 is 14.1 Å². The van der Waals surface area contributed by atoms with Crippen LogP contribution in [0.2, 0.25) is 0 Å². The smallest absolute Gasteiger partial charge is 0.290 e. The summed E-state index contributed by atoms with van der Waals surface area (Å²) in [5.74, 6) is 0.372. The second kappa shape index (κ2) is 6.88. The summed E-state index contributed by atoms with van der Waals surface area (Å²) in [5.41, 5.74) is 1.10. The van der Waals surface area contributed by atoms with Gasteiger partial charge in [-0.05, 0) is 43.5 Å². The summed E-state index contributed by atoms with van der Waals surface area (Å²) in [7, 11) is 0. The van der Waals surface area contributed by atoms with E-state index in [9.17, 15) is 9.59 Å². The molecule has 1 aliphatic carbocycles. The van der Waals surface area contributed by atoms with E-state index in [1.165, 1.54) is 0 Å². The van der Waals surface area contributed by atoms with Gasteiger partial charge in [-0.2, -0.15) is 0 Å². The zero-order chi connectivity index (χ0) is 19.3. The number of furan rings is 1. The maximum Gasteiger partial charge on any atom is 0.290 e. The van der Waals surface area contributed by atoms with Gasteiger partial charge in [0.2, 0.25) is 0 Å². The largest absolute Gasteiger partial charge is 0.483 e. The molecule has 1 fully saturated rings. The second-order valence-electron chi connectivity index (χ2n) is 7.45. The van der Waals surface area contributed by atoms with Crippen LogP contribution in [-0.4, -0.2) is 32.5 Å². The number of hydrogen-bond donors (Lipinski definition) is 0. The Labute approximate surface area is 170 Å². The molecule has 1 amide bonds. The molecule has 4 atom stereocenters. The summed E-state index contributed by atoms with van der Waals surface area (Å²) >= 11 is 3.65. The van der Waals surface area contributed by atoms with Crippen molar-refractivity contribution >= 4 is 27.6 Å². The van der Waals surface area contributed by atoms with Crippen LogP contribution in [0, 0.1) is 5.92 Å². The van der Waals surface area contributed by atoms with Crippen molar-refractivity contribution in [1.82, 2.24) is 9.88 Å². The van der Waals surface area contributed by atoms with E-state index in [2.05, 4.69) is 20.9 Å². The molecule has 4 heterocycles. The summed E-state index contributed by atoms with van der Waals surface area (Å²) < 4.78 is 11.6. The van der Waals surface area contributed by atoms with Crippen molar-refractivity contribution in [2.24, 2.45) is 5.92 Å². The molecule has 0 radical (unpaired) electrons. The van der Waals surface area contributed by atoms with Crippen molar-refractivity contribution in [3.63, 3.8) is 0 Å². The molecule has 7 heteroatoms. The van der Waals surface area contributed by atoms with Gasteiger partial charge in [0.05, 0.1) is 30.0 Å². The lowest BCUT2D eigenvalue weighted by molar-refractivity contribution is -0.135. The fourth-order valence-electron chi connectivity index (χ4n) is 4.44. The minimum atomic E-state index is -0.557. The third-order valence-electron chi connectivity index (χ3n) is 5.75. The average Bonchev–Trinajstić information content (AvgIpc) is 3.31. The van der Waals surface area contributed by atoms with Crippen LogP contribution < -0.4 is 0 Å². The Morgan fingerprint density at radius 1 is 1.18 bits per heavy atom. The molecule has 0 bridgehead atoms. The zero-order valence-electron chi connectivity index (χ0n) is 15.1. The molecule has 2 aromatic rings. The van der Waals surface area contributed by atoms with Gasteiger partial charge in [-0.1, -0.05) is 22.0 Å². The zero-order valence-corrected chi connectivity index (χ0v) is 16.7. The minimum Gasteiger partial charge on any atom is -0.483 e. The first-order valence-electron chi connectivity index (χ1n) is 9.47. The molecule has 2 aliphatic heterocycles.